The fourth-order valence-corrected chi connectivity index (χ4v) is 6.21. The first-order valence-electron chi connectivity index (χ1n) is 14.6. The number of carbonyl (C=O) groups is 2. The molecule has 1 fully saturated rings. The lowest BCUT2D eigenvalue weighted by molar-refractivity contribution is -0.241. The highest BCUT2D eigenvalue weighted by Crippen LogP contribution is 2.35. The zero-order valence-electron chi connectivity index (χ0n) is 24.4. The molecule has 5 atom stereocenters. The third-order valence-corrected chi connectivity index (χ3v) is 8.55. The van der Waals surface area contributed by atoms with Gasteiger partial charge < -0.3 is 23.7 Å². The summed E-state index contributed by atoms with van der Waals surface area (Å²) in [5.41, 5.74) is 1.74. The van der Waals surface area contributed by atoms with Crippen LogP contribution in [0.4, 0.5) is 0 Å². The molecule has 4 aromatic rings. The highest BCUT2D eigenvalue weighted by atomic mass is 35.5. The highest BCUT2D eigenvalue weighted by molar-refractivity contribution is 7.99. The van der Waals surface area contributed by atoms with Gasteiger partial charge in [0.05, 0.1) is 18.8 Å². The molecule has 0 aliphatic carbocycles. The number of ether oxygens (including phenoxy) is 5. The molecule has 7 nitrogen and oxygen atoms in total. The van der Waals surface area contributed by atoms with E-state index in [0.717, 1.165) is 21.9 Å². The van der Waals surface area contributed by atoms with Crippen molar-refractivity contribution in [3.63, 3.8) is 0 Å². The van der Waals surface area contributed by atoms with Crippen molar-refractivity contribution >= 4 is 46.1 Å². The molecule has 0 saturated carbocycles. The van der Waals surface area contributed by atoms with Crippen LogP contribution in [0.5, 0.6) is 0 Å². The molecule has 0 radical (unpaired) electrons. The quantitative estimate of drug-likeness (QED) is 0.117. The normalized spacial score (nSPS) is 21.5. The molecule has 1 aliphatic rings. The van der Waals surface area contributed by atoms with Crippen molar-refractivity contribution in [2.75, 3.05) is 18.2 Å². The summed E-state index contributed by atoms with van der Waals surface area (Å²) >= 11 is 7.22. The Morgan fingerprint density at radius 2 is 1.48 bits per heavy atom. The van der Waals surface area contributed by atoms with E-state index in [1.54, 1.807) is 24.3 Å². The van der Waals surface area contributed by atoms with Crippen LogP contribution in [0, 0.1) is 0 Å². The summed E-state index contributed by atoms with van der Waals surface area (Å²) in [7, 11) is 0. The fraction of sp³-hybridized carbons (Fsp3) is 0.314. The van der Waals surface area contributed by atoms with E-state index in [1.807, 2.05) is 85.8 Å². The molecular weight excluding hydrogens is 600 g/mol. The fourth-order valence-electron chi connectivity index (χ4n) is 5.18. The maximum atomic E-state index is 13.4. The average Bonchev–Trinajstić information content (AvgIpc) is 3.07. The minimum Gasteiger partial charge on any atom is -0.462 e. The first-order valence-corrected chi connectivity index (χ1v) is 16.1. The lowest BCUT2D eigenvalue weighted by Gasteiger charge is -2.45. The molecule has 4 aromatic carbocycles. The van der Waals surface area contributed by atoms with E-state index < -0.39 is 41.8 Å². The van der Waals surface area contributed by atoms with Crippen LogP contribution in [0.3, 0.4) is 0 Å². The van der Waals surface area contributed by atoms with Crippen molar-refractivity contribution in [1.29, 1.82) is 0 Å². The largest absolute Gasteiger partial charge is 0.462 e. The summed E-state index contributed by atoms with van der Waals surface area (Å²) in [6, 6.07) is 32.7. The summed E-state index contributed by atoms with van der Waals surface area (Å²) < 4.78 is 31.3. The van der Waals surface area contributed by atoms with E-state index in [9.17, 15) is 9.59 Å². The topological polar surface area (TPSA) is 80.3 Å². The predicted molar refractivity (Wildman–Crippen MR) is 172 cm³/mol. The van der Waals surface area contributed by atoms with Crippen LogP contribution in [0.1, 0.15) is 28.4 Å². The molecule has 1 aliphatic heterocycles. The SMILES string of the molecule is CCS[C@@H]1O[C@H](COC(=O)CCl)[C@@H](OCc2cccc3ccccc23)[C@H](OCc2ccccc2)[C@H]1OC(=O)c1ccccc1. The van der Waals surface area contributed by atoms with Gasteiger partial charge in [-0.25, -0.2) is 4.79 Å². The van der Waals surface area contributed by atoms with Crippen molar-refractivity contribution in [3.05, 3.63) is 120 Å². The molecule has 0 unspecified atom stereocenters. The van der Waals surface area contributed by atoms with Crippen LogP contribution in [-0.4, -0.2) is 60.0 Å². The van der Waals surface area contributed by atoms with E-state index in [1.165, 1.54) is 11.8 Å². The van der Waals surface area contributed by atoms with Gasteiger partial charge in [-0.3, -0.25) is 4.79 Å². The van der Waals surface area contributed by atoms with Gasteiger partial charge in [0.1, 0.15) is 36.2 Å². The molecule has 0 spiro atoms. The molecule has 44 heavy (non-hydrogen) atoms. The number of carbonyl (C=O) groups excluding carboxylic acids is 2. The summed E-state index contributed by atoms with van der Waals surface area (Å²) in [6.45, 7) is 2.37. The van der Waals surface area contributed by atoms with Gasteiger partial charge in [-0.1, -0.05) is 97.9 Å². The molecular formula is C35H35ClO7S. The Morgan fingerprint density at radius 1 is 0.795 bits per heavy atom. The Labute approximate surface area is 266 Å². The van der Waals surface area contributed by atoms with E-state index in [-0.39, 0.29) is 25.7 Å². The molecule has 9 heteroatoms. The zero-order valence-corrected chi connectivity index (χ0v) is 26.0. The van der Waals surface area contributed by atoms with Gasteiger partial charge in [0, 0.05) is 0 Å². The summed E-state index contributed by atoms with van der Waals surface area (Å²) in [5, 5.41) is 2.15. The molecule has 230 valence electrons. The van der Waals surface area contributed by atoms with Gasteiger partial charge in [0.25, 0.3) is 0 Å². The van der Waals surface area contributed by atoms with Crippen LogP contribution >= 0.6 is 23.4 Å². The van der Waals surface area contributed by atoms with Crippen LogP contribution in [0.15, 0.2) is 103 Å². The third kappa shape index (κ3) is 8.20. The molecule has 0 aromatic heterocycles. The predicted octanol–water partition coefficient (Wildman–Crippen LogP) is 6.80. The van der Waals surface area contributed by atoms with Gasteiger partial charge in [-0.2, -0.15) is 0 Å². The maximum absolute atomic E-state index is 13.4. The Hall–Kier alpha value is -3.40. The lowest BCUT2D eigenvalue weighted by Crippen LogP contribution is -2.61. The zero-order chi connectivity index (χ0) is 30.7. The number of halogens is 1. The van der Waals surface area contributed by atoms with Crippen molar-refractivity contribution in [2.24, 2.45) is 0 Å². The molecule has 5 rings (SSSR count). The number of hydrogen-bond donors (Lipinski definition) is 0. The first kappa shape index (κ1) is 32.0. The Balaban J connectivity index is 1.49. The summed E-state index contributed by atoms with van der Waals surface area (Å²) in [6.07, 6.45) is -3.05. The lowest BCUT2D eigenvalue weighted by atomic mass is 9.98. The van der Waals surface area contributed by atoms with Crippen molar-refractivity contribution < 1.29 is 33.3 Å². The standard InChI is InChI=1S/C35H35ClO7S/c1-2-44-35-33(43-34(38)26-15-7-4-8-16-26)32(40-21-24-12-5-3-6-13-24)31(29(42-35)23-39-30(37)20-36)41-22-27-18-11-17-25-14-9-10-19-28(25)27/h3-19,29,31-33,35H,2,20-23H2,1H3/t29-,31-,32+,33-,35+/m1/s1. The number of esters is 2. The van der Waals surface area contributed by atoms with Crippen LogP contribution in [-0.2, 0) is 41.7 Å². The maximum Gasteiger partial charge on any atom is 0.338 e. The molecule has 0 bridgehead atoms. The Kier molecular flexibility index (Phi) is 11.7. The van der Waals surface area contributed by atoms with Crippen molar-refractivity contribution in [1.82, 2.24) is 0 Å². The van der Waals surface area contributed by atoms with E-state index in [4.69, 9.17) is 35.3 Å². The van der Waals surface area contributed by atoms with Gasteiger partial charge >= 0.3 is 11.9 Å². The van der Waals surface area contributed by atoms with Crippen LogP contribution in [0.2, 0.25) is 0 Å². The van der Waals surface area contributed by atoms with Gasteiger partial charge in [-0.15, -0.1) is 23.4 Å². The number of rotatable bonds is 13. The van der Waals surface area contributed by atoms with Gasteiger partial charge in [0.15, 0.2) is 6.10 Å². The van der Waals surface area contributed by atoms with Gasteiger partial charge in [0.2, 0.25) is 0 Å². The number of thioether (sulfide) groups is 1. The second-order valence-electron chi connectivity index (χ2n) is 10.2. The number of benzene rings is 4. The molecule has 0 N–H and O–H groups in total. The first-order chi connectivity index (χ1) is 21.6. The molecule has 0 amide bonds. The summed E-state index contributed by atoms with van der Waals surface area (Å²) in [4.78, 5) is 25.5. The van der Waals surface area contributed by atoms with Crippen molar-refractivity contribution in [3.8, 4) is 0 Å². The smallest absolute Gasteiger partial charge is 0.338 e. The van der Waals surface area contributed by atoms with E-state index in [2.05, 4.69) is 0 Å². The average molecular weight is 635 g/mol. The molecule has 1 saturated heterocycles. The third-order valence-electron chi connectivity index (χ3n) is 7.29. The van der Waals surface area contributed by atoms with Crippen LogP contribution in [0.25, 0.3) is 10.8 Å². The minimum atomic E-state index is -0.825. The van der Waals surface area contributed by atoms with E-state index in [0.29, 0.717) is 11.3 Å². The summed E-state index contributed by atoms with van der Waals surface area (Å²) in [5.74, 6) is -0.658. The second-order valence-corrected chi connectivity index (χ2v) is 11.9. The number of alkyl halides is 1. The monoisotopic (exact) mass is 634 g/mol. The highest BCUT2D eigenvalue weighted by Gasteiger charge is 2.50. The van der Waals surface area contributed by atoms with Crippen molar-refractivity contribution in [2.45, 2.75) is 50.0 Å². The van der Waals surface area contributed by atoms with Crippen LogP contribution < -0.4 is 0 Å². The van der Waals surface area contributed by atoms with Gasteiger partial charge in [-0.05, 0) is 39.8 Å². The number of fused-ring (bicyclic) bond motifs is 1. The second kappa shape index (κ2) is 16.1. The Bertz CT molecular complexity index is 1500. The van der Waals surface area contributed by atoms with E-state index >= 15 is 0 Å². The minimum absolute atomic E-state index is 0.100. The molecule has 1 heterocycles. The Morgan fingerprint density at radius 3 is 2.23 bits per heavy atom. The number of hydrogen-bond acceptors (Lipinski definition) is 8.